The molecule has 1 heterocycles. The van der Waals surface area contributed by atoms with Gasteiger partial charge in [-0.3, -0.25) is 4.79 Å². The maximum absolute atomic E-state index is 12.1. The molecule has 0 fully saturated rings. The van der Waals surface area contributed by atoms with Crippen LogP contribution in [-0.4, -0.2) is 30.7 Å². The summed E-state index contributed by atoms with van der Waals surface area (Å²) in [5, 5.41) is 0. The zero-order chi connectivity index (χ0) is 14.4. The molecule has 2 rings (SSSR count). The summed E-state index contributed by atoms with van der Waals surface area (Å²) in [6.07, 6.45) is 5.57. The summed E-state index contributed by atoms with van der Waals surface area (Å²) < 4.78 is 10.6. The van der Waals surface area contributed by atoms with E-state index in [9.17, 15) is 4.79 Å². The first-order valence-corrected chi connectivity index (χ1v) is 7.11. The van der Waals surface area contributed by atoms with Crippen LogP contribution in [0.15, 0.2) is 24.3 Å². The Kier molecular flexibility index (Phi) is 5.04. The highest BCUT2D eigenvalue weighted by atomic mass is 16.7. The van der Waals surface area contributed by atoms with Gasteiger partial charge in [-0.05, 0) is 37.1 Å². The number of ether oxygens (including phenoxy) is 2. The molecule has 0 saturated heterocycles. The van der Waals surface area contributed by atoms with Crippen molar-refractivity contribution in [3.63, 3.8) is 0 Å². The second kappa shape index (κ2) is 6.98. The normalized spacial score (nSPS) is 12.9. The molecule has 0 bridgehead atoms. The van der Waals surface area contributed by atoms with Gasteiger partial charge >= 0.3 is 0 Å². The molecule has 0 aromatic heterocycles. The van der Waals surface area contributed by atoms with E-state index in [1.54, 1.807) is 6.08 Å². The fraction of sp³-hybridized carbons (Fsp3) is 0.438. The molecule has 1 aromatic rings. The van der Waals surface area contributed by atoms with Crippen LogP contribution in [0.3, 0.4) is 0 Å². The number of nitrogens with zero attached hydrogens (tertiary/aromatic N) is 1. The summed E-state index contributed by atoms with van der Waals surface area (Å²) in [5.41, 5.74) is 0.939. The second-order valence-electron chi connectivity index (χ2n) is 4.72. The lowest BCUT2D eigenvalue weighted by Crippen LogP contribution is -2.30. The van der Waals surface area contributed by atoms with Crippen molar-refractivity contribution in [2.45, 2.75) is 26.7 Å². The van der Waals surface area contributed by atoms with E-state index in [1.165, 1.54) is 0 Å². The Hall–Kier alpha value is -1.97. The maximum Gasteiger partial charge on any atom is 0.246 e. The van der Waals surface area contributed by atoms with Crippen molar-refractivity contribution >= 4 is 12.0 Å². The van der Waals surface area contributed by atoms with E-state index < -0.39 is 0 Å². The number of rotatable bonds is 6. The van der Waals surface area contributed by atoms with Crippen LogP contribution in [0.5, 0.6) is 11.5 Å². The van der Waals surface area contributed by atoms with Crippen LogP contribution >= 0.6 is 0 Å². The van der Waals surface area contributed by atoms with E-state index in [0.29, 0.717) is 0 Å². The van der Waals surface area contributed by atoms with Crippen molar-refractivity contribution in [3.8, 4) is 11.5 Å². The molecular weight excluding hydrogens is 254 g/mol. The van der Waals surface area contributed by atoms with Gasteiger partial charge in [-0.15, -0.1) is 0 Å². The van der Waals surface area contributed by atoms with E-state index in [4.69, 9.17) is 9.47 Å². The van der Waals surface area contributed by atoms with Gasteiger partial charge in [-0.25, -0.2) is 0 Å². The maximum atomic E-state index is 12.1. The number of benzene rings is 1. The minimum atomic E-state index is 0.0543. The third-order valence-electron chi connectivity index (χ3n) is 3.29. The topological polar surface area (TPSA) is 38.8 Å². The fourth-order valence-corrected chi connectivity index (χ4v) is 2.06. The second-order valence-corrected chi connectivity index (χ2v) is 4.72. The van der Waals surface area contributed by atoms with Gasteiger partial charge in [0, 0.05) is 19.2 Å². The summed E-state index contributed by atoms with van der Waals surface area (Å²) in [6.45, 7) is 5.95. The van der Waals surface area contributed by atoms with E-state index in [2.05, 4.69) is 6.92 Å². The van der Waals surface area contributed by atoms with E-state index in [0.717, 1.165) is 43.0 Å². The van der Waals surface area contributed by atoms with Crippen molar-refractivity contribution in [2.75, 3.05) is 19.9 Å². The number of amides is 1. The van der Waals surface area contributed by atoms with Gasteiger partial charge in [-0.1, -0.05) is 19.4 Å². The molecule has 1 aliphatic heterocycles. The molecule has 1 aliphatic rings. The zero-order valence-corrected chi connectivity index (χ0v) is 12.1. The first-order chi connectivity index (χ1) is 9.74. The molecule has 0 N–H and O–H groups in total. The van der Waals surface area contributed by atoms with Gasteiger partial charge in [0.05, 0.1) is 0 Å². The molecule has 1 aromatic carbocycles. The van der Waals surface area contributed by atoms with Crippen LogP contribution < -0.4 is 9.47 Å². The Labute approximate surface area is 120 Å². The van der Waals surface area contributed by atoms with Crippen molar-refractivity contribution in [2.24, 2.45) is 0 Å². The molecule has 108 valence electrons. The van der Waals surface area contributed by atoms with Crippen LogP contribution in [0.1, 0.15) is 32.3 Å². The molecule has 0 radical (unpaired) electrons. The third-order valence-corrected chi connectivity index (χ3v) is 3.29. The Morgan fingerprint density at radius 1 is 1.30 bits per heavy atom. The van der Waals surface area contributed by atoms with E-state index >= 15 is 0 Å². The summed E-state index contributed by atoms with van der Waals surface area (Å²) in [6, 6.07) is 5.66. The predicted molar refractivity (Wildman–Crippen MR) is 78.8 cm³/mol. The molecule has 4 nitrogen and oxygen atoms in total. The number of carbonyl (C=O) groups is 1. The standard InChI is InChI=1S/C16H21NO3/c1-3-5-10-17(4-2)16(18)9-7-13-6-8-14-15(11-13)20-12-19-14/h6-9,11H,3-5,10,12H2,1-2H3. The highest BCUT2D eigenvalue weighted by Crippen LogP contribution is 2.32. The zero-order valence-electron chi connectivity index (χ0n) is 12.1. The average Bonchev–Trinajstić information content (AvgIpc) is 2.93. The quantitative estimate of drug-likeness (QED) is 0.749. The third kappa shape index (κ3) is 3.53. The van der Waals surface area contributed by atoms with Gasteiger partial charge in [-0.2, -0.15) is 0 Å². The van der Waals surface area contributed by atoms with Gasteiger partial charge in [0.15, 0.2) is 11.5 Å². The average molecular weight is 275 g/mol. The summed E-state index contributed by atoms with van der Waals surface area (Å²) >= 11 is 0. The Balaban J connectivity index is 1.99. The lowest BCUT2D eigenvalue weighted by Gasteiger charge is -2.18. The van der Waals surface area contributed by atoms with Gasteiger partial charge in [0.25, 0.3) is 0 Å². The minimum absolute atomic E-state index is 0.0543. The van der Waals surface area contributed by atoms with Crippen LogP contribution in [-0.2, 0) is 4.79 Å². The van der Waals surface area contributed by atoms with Crippen molar-refractivity contribution in [1.82, 2.24) is 4.90 Å². The van der Waals surface area contributed by atoms with Crippen LogP contribution in [0.25, 0.3) is 6.08 Å². The predicted octanol–water partition coefficient (Wildman–Crippen LogP) is 3.08. The van der Waals surface area contributed by atoms with Crippen LogP contribution in [0.2, 0.25) is 0 Å². The Morgan fingerprint density at radius 2 is 2.10 bits per heavy atom. The molecular formula is C16H21NO3. The first kappa shape index (κ1) is 14.4. The monoisotopic (exact) mass is 275 g/mol. The number of unbranched alkanes of at least 4 members (excludes halogenated alkanes) is 1. The number of carbonyl (C=O) groups excluding carboxylic acids is 1. The SMILES string of the molecule is CCCCN(CC)C(=O)C=Cc1ccc2c(c1)OCO2. The molecule has 0 unspecified atom stereocenters. The number of hydrogen-bond donors (Lipinski definition) is 0. The Morgan fingerprint density at radius 3 is 2.85 bits per heavy atom. The van der Waals surface area contributed by atoms with Crippen LogP contribution in [0, 0.1) is 0 Å². The lowest BCUT2D eigenvalue weighted by atomic mass is 10.2. The molecule has 20 heavy (non-hydrogen) atoms. The van der Waals surface area contributed by atoms with Crippen LogP contribution in [0.4, 0.5) is 0 Å². The minimum Gasteiger partial charge on any atom is -0.454 e. The number of fused-ring (bicyclic) bond motifs is 1. The van der Waals surface area contributed by atoms with Crippen molar-refractivity contribution < 1.29 is 14.3 Å². The van der Waals surface area contributed by atoms with Crippen molar-refractivity contribution in [1.29, 1.82) is 0 Å². The summed E-state index contributed by atoms with van der Waals surface area (Å²) in [4.78, 5) is 13.9. The van der Waals surface area contributed by atoms with Gasteiger partial charge < -0.3 is 14.4 Å². The van der Waals surface area contributed by atoms with E-state index in [1.807, 2.05) is 36.1 Å². The molecule has 0 saturated carbocycles. The lowest BCUT2D eigenvalue weighted by molar-refractivity contribution is -0.125. The molecule has 1 amide bonds. The first-order valence-electron chi connectivity index (χ1n) is 7.11. The van der Waals surface area contributed by atoms with Gasteiger partial charge in [0.1, 0.15) is 0 Å². The van der Waals surface area contributed by atoms with Gasteiger partial charge in [0.2, 0.25) is 12.7 Å². The fourth-order valence-electron chi connectivity index (χ4n) is 2.06. The molecule has 0 atom stereocenters. The highest BCUT2D eigenvalue weighted by Gasteiger charge is 2.12. The molecule has 4 heteroatoms. The number of hydrogen-bond acceptors (Lipinski definition) is 3. The summed E-state index contributed by atoms with van der Waals surface area (Å²) in [5.74, 6) is 1.54. The number of likely N-dealkylation sites (N-methyl/N-ethyl adjacent to an activating group) is 1. The molecule has 0 spiro atoms. The molecule has 0 aliphatic carbocycles. The Bertz CT molecular complexity index is 496. The van der Waals surface area contributed by atoms with Crippen molar-refractivity contribution in [3.05, 3.63) is 29.8 Å². The largest absolute Gasteiger partial charge is 0.454 e. The van der Waals surface area contributed by atoms with E-state index in [-0.39, 0.29) is 12.7 Å². The summed E-state index contributed by atoms with van der Waals surface area (Å²) in [7, 11) is 0. The highest BCUT2D eigenvalue weighted by molar-refractivity contribution is 5.91. The smallest absolute Gasteiger partial charge is 0.246 e.